The van der Waals surface area contributed by atoms with Gasteiger partial charge >= 0.3 is 8.80 Å². The van der Waals surface area contributed by atoms with Crippen LogP contribution in [0.4, 0.5) is 5.69 Å². The van der Waals surface area contributed by atoms with Crippen molar-refractivity contribution in [1.82, 2.24) is 0 Å². The molecule has 0 saturated carbocycles. The summed E-state index contributed by atoms with van der Waals surface area (Å²) < 4.78 is 16.6. The molecule has 5 heteroatoms. The minimum Gasteiger partial charge on any atom is -0.376 e. The van der Waals surface area contributed by atoms with E-state index >= 15 is 0 Å². The second-order valence-corrected chi connectivity index (χ2v) is 7.15. The van der Waals surface area contributed by atoms with E-state index < -0.39 is 8.80 Å². The summed E-state index contributed by atoms with van der Waals surface area (Å²) in [6.45, 7) is 1.03. The lowest BCUT2D eigenvalue weighted by molar-refractivity contribution is 0.103. The fourth-order valence-corrected chi connectivity index (χ4v) is 4.80. The molecule has 4 nitrogen and oxygen atoms in total. The van der Waals surface area contributed by atoms with Gasteiger partial charge in [0.1, 0.15) is 5.67 Å². The Bertz CT molecular complexity index is 348. The van der Waals surface area contributed by atoms with Crippen LogP contribution in [0.3, 0.4) is 0 Å². The van der Waals surface area contributed by atoms with Crippen LogP contribution in [0.25, 0.3) is 0 Å². The zero-order chi connectivity index (χ0) is 12.3. The fraction of sp³-hybridized carbons (Fsp3) is 0.500. The average molecular weight is 253 g/mol. The van der Waals surface area contributed by atoms with Gasteiger partial charge in [-0.05, 0) is 18.6 Å². The van der Waals surface area contributed by atoms with E-state index in [-0.39, 0.29) is 5.67 Å². The van der Waals surface area contributed by atoms with Crippen molar-refractivity contribution in [1.29, 1.82) is 0 Å². The average Bonchev–Trinajstić information content (AvgIpc) is 2.36. The highest BCUT2D eigenvalue weighted by Gasteiger charge is 2.54. The molecule has 0 N–H and O–H groups in total. The van der Waals surface area contributed by atoms with E-state index in [2.05, 4.69) is 17.0 Å². The Hall–Kier alpha value is -0.883. The molecule has 0 bridgehead atoms. The molecule has 0 aliphatic carbocycles. The molecule has 2 rings (SSSR count). The number of rotatable bonds is 5. The third-order valence-electron chi connectivity index (χ3n) is 3.37. The van der Waals surface area contributed by atoms with Crippen LogP contribution in [-0.4, -0.2) is 42.3 Å². The first-order chi connectivity index (χ1) is 8.27. The molecule has 1 aromatic rings. The molecule has 1 heterocycles. The van der Waals surface area contributed by atoms with E-state index in [1.807, 2.05) is 18.2 Å². The Labute approximate surface area is 103 Å². The highest BCUT2D eigenvalue weighted by Crippen LogP contribution is 2.32. The van der Waals surface area contributed by atoms with Crippen LogP contribution in [0.2, 0.25) is 0 Å². The molecule has 0 spiro atoms. The third kappa shape index (κ3) is 2.11. The predicted molar refractivity (Wildman–Crippen MR) is 69.0 cm³/mol. The van der Waals surface area contributed by atoms with Crippen LogP contribution in [0.1, 0.15) is 6.42 Å². The van der Waals surface area contributed by atoms with Crippen molar-refractivity contribution in [3.63, 3.8) is 0 Å². The van der Waals surface area contributed by atoms with Crippen LogP contribution < -0.4 is 4.90 Å². The molecule has 1 unspecified atom stereocenters. The van der Waals surface area contributed by atoms with E-state index in [9.17, 15) is 0 Å². The highest BCUT2D eigenvalue weighted by molar-refractivity contribution is 6.63. The second kappa shape index (κ2) is 5.18. The van der Waals surface area contributed by atoms with Gasteiger partial charge in [-0.25, -0.2) is 0 Å². The lowest BCUT2D eigenvalue weighted by Gasteiger charge is -2.48. The topological polar surface area (TPSA) is 30.9 Å². The molecule has 1 aliphatic rings. The summed E-state index contributed by atoms with van der Waals surface area (Å²) in [5.41, 5.74) is 1.43. The van der Waals surface area contributed by atoms with Crippen molar-refractivity contribution in [2.75, 3.05) is 32.8 Å². The molecule has 17 heavy (non-hydrogen) atoms. The normalized spacial score (nSPS) is 20.2. The summed E-state index contributed by atoms with van der Waals surface area (Å²) in [6.07, 6.45) is 1.05. The van der Waals surface area contributed by atoms with Crippen LogP contribution in [0, 0.1) is 0 Å². The maximum atomic E-state index is 5.54. The summed E-state index contributed by atoms with van der Waals surface area (Å²) >= 11 is 0. The molecule has 94 valence electrons. The minimum absolute atomic E-state index is 0.227. The first-order valence-electron chi connectivity index (χ1n) is 5.74. The van der Waals surface area contributed by atoms with Crippen LogP contribution >= 0.6 is 0 Å². The Morgan fingerprint density at radius 2 is 1.65 bits per heavy atom. The van der Waals surface area contributed by atoms with Crippen LogP contribution in [0.15, 0.2) is 30.3 Å². The molecule has 0 amide bonds. The molecule has 1 aromatic carbocycles. The van der Waals surface area contributed by atoms with Crippen molar-refractivity contribution in [3.05, 3.63) is 30.3 Å². The second-order valence-electron chi connectivity index (χ2n) is 4.05. The first-order valence-corrected chi connectivity index (χ1v) is 7.54. The zero-order valence-electron chi connectivity index (χ0n) is 10.6. The van der Waals surface area contributed by atoms with E-state index in [0.29, 0.717) is 0 Å². The summed E-state index contributed by atoms with van der Waals surface area (Å²) in [5, 5.41) is 0. The first kappa shape index (κ1) is 12.6. The molecule has 1 saturated heterocycles. The monoisotopic (exact) mass is 253 g/mol. The number of anilines is 1. The van der Waals surface area contributed by atoms with Crippen molar-refractivity contribution < 1.29 is 13.3 Å². The lowest BCUT2D eigenvalue weighted by Crippen LogP contribution is -2.68. The van der Waals surface area contributed by atoms with Gasteiger partial charge in [-0.1, -0.05) is 18.2 Å². The van der Waals surface area contributed by atoms with Crippen LogP contribution in [-0.2, 0) is 13.3 Å². The number of benzene rings is 1. The van der Waals surface area contributed by atoms with Crippen LogP contribution in [0.5, 0.6) is 0 Å². The van der Waals surface area contributed by atoms with Gasteiger partial charge in [0.05, 0.1) is 0 Å². The Kier molecular flexibility index (Phi) is 3.83. The maximum absolute atomic E-state index is 5.54. The van der Waals surface area contributed by atoms with E-state index in [1.54, 1.807) is 21.3 Å². The quantitative estimate of drug-likeness (QED) is 0.747. The van der Waals surface area contributed by atoms with Crippen molar-refractivity contribution in [2.45, 2.75) is 12.1 Å². The molecule has 0 radical (unpaired) electrons. The SMILES string of the molecule is CO[Si](OC)(OC)C1CCN1c1ccccc1. The van der Waals surface area contributed by atoms with Gasteiger partial charge < -0.3 is 18.2 Å². The summed E-state index contributed by atoms with van der Waals surface area (Å²) in [4.78, 5) is 2.29. The van der Waals surface area contributed by atoms with Gasteiger partial charge in [0, 0.05) is 33.6 Å². The summed E-state index contributed by atoms with van der Waals surface area (Å²) in [7, 11) is 2.45. The largest absolute Gasteiger partial charge is 0.523 e. The summed E-state index contributed by atoms with van der Waals surface area (Å²) in [5.74, 6) is 0. The molecular weight excluding hydrogens is 234 g/mol. The van der Waals surface area contributed by atoms with E-state index in [1.165, 1.54) is 5.69 Å². The number of para-hydroxylation sites is 1. The van der Waals surface area contributed by atoms with E-state index in [0.717, 1.165) is 13.0 Å². The predicted octanol–water partition coefficient (Wildman–Crippen LogP) is 1.68. The Morgan fingerprint density at radius 3 is 2.06 bits per heavy atom. The third-order valence-corrected chi connectivity index (χ3v) is 6.49. The number of hydrogen-bond acceptors (Lipinski definition) is 4. The Morgan fingerprint density at radius 1 is 1.06 bits per heavy atom. The fourth-order valence-electron chi connectivity index (χ4n) is 2.34. The molecular formula is C12H19NO3Si. The van der Waals surface area contributed by atoms with Crippen molar-refractivity contribution >= 4 is 14.5 Å². The smallest absolute Gasteiger partial charge is 0.376 e. The molecule has 1 fully saturated rings. The molecule has 1 atom stereocenters. The van der Waals surface area contributed by atoms with Gasteiger partial charge in [-0.15, -0.1) is 0 Å². The zero-order valence-corrected chi connectivity index (χ0v) is 11.6. The summed E-state index contributed by atoms with van der Waals surface area (Å²) in [6, 6.07) is 10.3. The van der Waals surface area contributed by atoms with E-state index in [4.69, 9.17) is 13.3 Å². The van der Waals surface area contributed by atoms with Crippen molar-refractivity contribution in [2.24, 2.45) is 0 Å². The lowest BCUT2D eigenvalue weighted by atomic mass is 10.2. The van der Waals surface area contributed by atoms with Gasteiger partial charge in [0.2, 0.25) is 0 Å². The number of hydrogen-bond donors (Lipinski definition) is 0. The number of nitrogens with zero attached hydrogens (tertiary/aromatic N) is 1. The van der Waals surface area contributed by atoms with Gasteiger partial charge in [-0.2, -0.15) is 0 Å². The van der Waals surface area contributed by atoms with Gasteiger partial charge in [0.15, 0.2) is 0 Å². The van der Waals surface area contributed by atoms with Crippen molar-refractivity contribution in [3.8, 4) is 0 Å². The minimum atomic E-state index is -2.55. The molecule has 0 aromatic heterocycles. The van der Waals surface area contributed by atoms with Gasteiger partial charge in [-0.3, -0.25) is 0 Å². The highest BCUT2D eigenvalue weighted by atomic mass is 28.4. The standard InChI is InChI=1S/C12H19NO3Si/c1-14-17(15-2,16-3)12-9-10-13(12)11-7-5-4-6-8-11/h4-8,12H,9-10H2,1-3H3. The van der Waals surface area contributed by atoms with Gasteiger partial charge in [0.25, 0.3) is 0 Å². The maximum Gasteiger partial charge on any atom is 0.523 e. The molecule has 1 aliphatic heterocycles. The Balaban J connectivity index is 2.18.